The highest BCUT2D eigenvalue weighted by Crippen LogP contribution is 2.34. The van der Waals surface area contributed by atoms with Gasteiger partial charge >= 0.3 is 6.18 Å². The lowest BCUT2D eigenvalue weighted by Crippen LogP contribution is -2.38. The van der Waals surface area contributed by atoms with Crippen molar-refractivity contribution in [1.82, 2.24) is 4.98 Å². The van der Waals surface area contributed by atoms with Gasteiger partial charge in [0, 0.05) is 36.3 Å². The third-order valence-corrected chi connectivity index (χ3v) is 5.56. The summed E-state index contributed by atoms with van der Waals surface area (Å²) < 4.78 is 52.5. The minimum absolute atomic E-state index is 0.0922. The Kier molecular flexibility index (Phi) is 5.70. The van der Waals surface area contributed by atoms with Crippen LogP contribution in [0.15, 0.2) is 48.7 Å². The van der Waals surface area contributed by atoms with Crippen molar-refractivity contribution < 1.29 is 22.4 Å². The minimum Gasteiger partial charge on any atom is -0.370 e. The molecule has 1 amide bonds. The second-order valence-electron chi connectivity index (χ2n) is 7.62. The second kappa shape index (κ2) is 8.46. The smallest absolute Gasteiger partial charge is 0.370 e. The third kappa shape index (κ3) is 4.35. The van der Waals surface area contributed by atoms with E-state index in [1.165, 1.54) is 30.5 Å². The normalized spacial score (nSPS) is 14.9. The van der Waals surface area contributed by atoms with E-state index < -0.39 is 23.5 Å². The van der Waals surface area contributed by atoms with Crippen molar-refractivity contribution in [1.29, 1.82) is 5.26 Å². The quantitative estimate of drug-likeness (QED) is 0.572. The summed E-state index contributed by atoms with van der Waals surface area (Å²) in [4.78, 5) is 18.8. The number of halogens is 4. The number of fused-ring (bicyclic) bond motifs is 1. The molecule has 0 saturated carbocycles. The average molecular weight is 442 g/mol. The zero-order chi connectivity index (χ0) is 22.9. The number of amides is 1. The number of alkyl halides is 3. The van der Waals surface area contributed by atoms with Crippen LogP contribution in [0.4, 0.5) is 28.9 Å². The van der Waals surface area contributed by atoms with Crippen molar-refractivity contribution in [2.45, 2.75) is 19.0 Å². The van der Waals surface area contributed by atoms with Gasteiger partial charge in [0.2, 0.25) is 5.91 Å². The molecule has 1 fully saturated rings. The Morgan fingerprint density at radius 3 is 2.59 bits per heavy atom. The average Bonchev–Trinajstić information content (AvgIpc) is 2.78. The predicted octanol–water partition coefficient (Wildman–Crippen LogP) is 5.12. The van der Waals surface area contributed by atoms with Crippen molar-refractivity contribution in [2.24, 2.45) is 5.92 Å². The van der Waals surface area contributed by atoms with Crippen LogP contribution in [0, 0.1) is 23.1 Å². The van der Waals surface area contributed by atoms with Crippen LogP contribution >= 0.6 is 0 Å². The van der Waals surface area contributed by atoms with Crippen LogP contribution in [-0.4, -0.2) is 24.0 Å². The Labute approximate surface area is 181 Å². The standard InChI is InChI=1S/C23H18F4N4O/c24-17-4-5-20-19(11-17)21(15(12-28)13-29-20)31-8-6-14(7-9-31)22(32)30-18-3-1-2-16(10-18)23(25,26)27/h1-5,10-11,13-14H,6-9H2,(H,30,32). The molecule has 0 atom stereocenters. The van der Waals surface area contributed by atoms with Gasteiger partial charge in [-0.25, -0.2) is 4.39 Å². The van der Waals surface area contributed by atoms with Crippen LogP contribution in [0.25, 0.3) is 10.9 Å². The number of hydrogen-bond donors (Lipinski definition) is 1. The molecule has 0 aliphatic carbocycles. The first kappa shape index (κ1) is 21.6. The number of piperidine rings is 1. The van der Waals surface area contributed by atoms with Gasteiger partial charge in [0.15, 0.2) is 0 Å². The molecule has 3 aromatic rings. The summed E-state index contributed by atoms with van der Waals surface area (Å²) in [5.41, 5.74) is 0.717. The largest absolute Gasteiger partial charge is 0.416 e. The van der Waals surface area contributed by atoms with Crippen LogP contribution in [0.5, 0.6) is 0 Å². The number of nitrogens with one attached hydrogen (secondary N) is 1. The van der Waals surface area contributed by atoms with Crippen LogP contribution in [0.3, 0.4) is 0 Å². The zero-order valence-electron chi connectivity index (χ0n) is 16.8. The first-order valence-electron chi connectivity index (χ1n) is 9.97. The molecule has 0 bridgehead atoms. The fourth-order valence-corrected chi connectivity index (χ4v) is 3.96. The summed E-state index contributed by atoms with van der Waals surface area (Å²) in [6.07, 6.45) is -2.16. The van der Waals surface area contributed by atoms with E-state index in [0.717, 1.165) is 12.1 Å². The summed E-state index contributed by atoms with van der Waals surface area (Å²) in [5.74, 6) is -1.18. The van der Waals surface area contributed by atoms with Gasteiger partial charge in [-0.05, 0) is 49.2 Å². The highest BCUT2D eigenvalue weighted by Gasteiger charge is 2.31. The predicted molar refractivity (Wildman–Crippen MR) is 111 cm³/mol. The van der Waals surface area contributed by atoms with Gasteiger partial charge in [0.1, 0.15) is 11.9 Å². The van der Waals surface area contributed by atoms with Crippen LogP contribution in [0.2, 0.25) is 0 Å². The van der Waals surface area contributed by atoms with Gasteiger partial charge in [-0.1, -0.05) is 6.07 Å². The van der Waals surface area contributed by atoms with E-state index in [4.69, 9.17) is 0 Å². The number of hydrogen-bond acceptors (Lipinski definition) is 4. The maximum atomic E-state index is 13.8. The first-order chi connectivity index (χ1) is 15.3. The first-order valence-corrected chi connectivity index (χ1v) is 9.97. The fraction of sp³-hybridized carbons (Fsp3) is 0.261. The molecular weight excluding hydrogens is 424 g/mol. The lowest BCUT2D eigenvalue weighted by atomic mass is 9.94. The summed E-state index contributed by atoms with van der Waals surface area (Å²) in [6.45, 7) is 0.871. The van der Waals surface area contributed by atoms with E-state index in [-0.39, 0.29) is 11.6 Å². The number of pyridine rings is 1. The molecule has 32 heavy (non-hydrogen) atoms. The van der Waals surface area contributed by atoms with E-state index in [1.807, 2.05) is 4.90 Å². The SMILES string of the molecule is N#Cc1cnc2ccc(F)cc2c1N1CCC(C(=O)Nc2cccc(C(F)(F)F)c2)CC1. The Bertz CT molecular complexity index is 1210. The molecular formula is C23H18F4N4O. The van der Waals surface area contributed by atoms with Crippen LogP contribution < -0.4 is 10.2 Å². The van der Waals surface area contributed by atoms with Crippen molar-refractivity contribution in [3.63, 3.8) is 0 Å². The number of carbonyl (C=O) groups excluding carboxylic acids is 1. The molecule has 0 spiro atoms. The maximum Gasteiger partial charge on any atom is 0.416 e. The highest BCUT2D eigenvalue weighted by atomic mass is 19.4. The van der Waals surface area contributed by atoms with Gasteiger partial charge in [-0.2, -0.15) is 18.4 Å². The molecule has 4 rings (SSSR count). The molecule has 1 saturated heterocycles. The van der Waals surface area contributed by atoms with Crippen molar-refractivity contribution >= 4 is 28.2 Å². The van der Waals surface area contributed by atoms with Crippen molar-refractivity contribution in [3.8, 4) is 6.07 Å². The number of aromatic nitrogens is 1. The van der Waals surface area contributed by atoms with Gasteiger partial charge in [0.05, 0.1) is 22.3 Å². The minimum atomic E-state index is -4.49. The molecule has 0 unspecified atom stereocenters. The molecule has 1 aliphatic rings. The Morgan fingerprint density at radius 2 is 1.91 bits per heavy atom. The number of benzene rings is 2. The van der Waals surface area contributed by atoms with Gasteiger partial charge in [0.25, 0.3) is 0 Å². The summed E-state index contributed by atoms with van der Waals surface area (Å²) >= 11 is 0. The van der Waals surface area contributed by atoms with E-state index in [1.54, 1.807) is 6.07 Å². The number of carbonyl (C=O) groups is 1. The van der Waals surface area contributed by atoms with Crippen LogP contribution in [0.1, 0.15) is 24.0 Å². The lowest BCUT2D eigenvalue weighted by molar-refractivity contribution is -0.137. The number of anilines is 2. The summed E-state index contributed by atoms with van der Waals surface area (Å²) in [6, 6.07) is 10.8. The van der Waals surface area contributed by atoms with Gasteiger partial charge < -0.3 is 10.2 Å². The molecule has 9 heteroatoms. The monoisotopic (exact) mass is 442 g/mol. The molecule has 1 aromatic heterocycles. The summed E-state index contributed by atoms with van der Waals surface area (Å²) in [5, 5.41) is 12.6. The van der Waals surface area contributed by atoms with E-state index in [9.17, 15) is 27.6 Å². The number of nitriles is 1. The third-order valence-electron chi connectivity index (χ3n) is 5.56. The molecule has 0 radical (unpaired) electrons. The number of rotatable bonds is 3. The molecule has 2 heterocycles. The Morgan fingerprint density at radius 1 is 1.16 bits per heavy atom. The highest BCUT2D eigenvalue weighted by molar-refractivity contribution is 5.95. The van der Waals surface area contributed by atoms with Gasteiger partial charge in [-0.15, -0.1) is 0 Å². The van der Waals surface area contributed by atoms with E-state index >= 15 is 0 Å². The molecule has 5 nitrogen and oxygen atoms in total. The fourth-order valence-electron chi connectivity index (χ4n) is 3.96. The van der Waals surface area contributed by atoms with Gasteiger partial charge in [-0.3, -0.25) is 9.78 Å². The topological polar surface area (TPSA) is 69.0 Å². The summed E-state index contributed by atoms with van der Waals surface area (Å²) in [7, 11) is 0. The van der Waals surface area contributed by atoms with E-state index in [2.05, 4.69) is 16.4 Å². The van der Waals surface area contributed by atoms with Crippen LogP contribution in [-0.2, 0) is 11.0 Å². The Balaban J connectivity index is 1.49. The van der Waals surface area contributed by atoms with E-state index in [0.29, 0.717) is 48.1 Å². The maximum absolute atomic E-state index is 13.8. The van der Waals surface area contributed by atoms with Crippen molar-refractivity contribution in [2.75, 3.05) is 23.3 Å². The molecule has 1 aliphatic heterocycles. The number of nitrogens with zero attached hydrogens (tertiary/aromatic N) is 3. The zero-order valence-corrected chi connectivity index (χ0v) is 16.8. The second-order valence-corrected chi connectivity index (χ2v) is 7.62. The Hall–Kier alpha value is -3.67. The molecule has 1 N–H and O–H groups in total. The molecule has 164 valence electrons. The molecule has 2 aromatic carbocycles. The van der Waals surface area contributed by atoms with Crippen molar-refractivity contribution in [3.05, 3.63) is 65.6 Å². The lowest BCUT2D eigenvalue weighted by Gasteiger charge is -2.34.